The van der Waals surface area contributed by atoms with Gasteiger partial charge in [-0.15, -0.1) is 0 Å². The van der Waals surface area contributed by atoms with E-state index in [0.29, 0.717) is 36.4 Å². The third-order valence-electron chi connectivity index (χ3n) is 4.22. The first-order valence-corrected chi connectivity index (χ1v) is 8.03. The van der Waals surface area contributed by atoms with Crippen molar-refractivity contribution in [3.8, 4) is 0 Å². The summed E-state index contributed by atoms with van der Waals surface area (Å²) in [5.41, 5.74) is 2.00. The number of hydrogen-bond acceptors (Lipinski definition) is 5. The van der Waals surface area contributed by atoms with Crippen molar-refractivity contribution in [1.29, 1.82) is 0 Å². The van der Waals surface area contributed by atoms with Crippen molar-refractivity contribution in [3.63, 3.8) is 0 Å². The van der Waals surface area contributed by atoms with Crippen LogP contribution in [0, 0.1) is 0 Å². The number of ether oxygens (including phenoxy) is 1. The van der Waals surface area contributed by atoms with Crippen LogP contribution < -0.4 is 11.2 Å². The Bertz CT molecular complexity index is 998. The molecular formula is C18H19N3O4. The predicted octanol–water partition coefficient (Wildman–Crippen LogP) is 1.13. The minimum atomic E-state index is -0.391. The molecule has 1 aliphatic rings. The average Bonchev–Trinajstić information content (AvgIpc) is 3.02. The number of rotatable bonds is 4. The summed E-state index contributed by atoms with van der Waals surface area (Å²) in [5.74, 6) is 0.0573. The topological polar surface area (TPSA) is 82.7 Å². The Morgan fingerprint density at radius 1 is 1.24 bits per heavy atom. The van der Waals surface area contributed by atoms with Crippen molar-refractivity contribution < 1.29 is 9.53 Å². The van der Waals surface area contributed by atoms with Crippen molar-refractivity contribution >= 4 is 17.5 Å². The van der Waals surface area contributed by atoms with E-state index in [1.807, 2.05) is 6.07 Å². The second-order valence-corrected chi connectivity index (χ2v) is 5.96. The van der Waals surface area contributed by atoms with E-state index in [0.717, 1.165) is 15.8 Å². The molecule has 7 heteroatoms. The Hall–Kier alpha value is -2.96. The van der Waals surface area contributed by atoms with Crippen LogP contribution in [-0.2, 0) is 31.7 Å². The van der Waals surface area contributed by atoms with E-state index in [1.165, 1.54) is 11.6 Å². The lowest BCUT2D eigenvalue weighted by molar-refractivity contribution is 0.0526. The van der Waals surface area contributed by atoms with Gasteiger partial charge in [-0.2, -0.15) is 0 Å². The van der Waals surface area contributed by atoms with Gasteiger partial charge in [-0.05, 0) is 24.6 Å². The van der Waals surface area contributed by atoms with Crippen LogP contribution in [0.5, 0.6) is 0 Å². The first-order chi connectivity index (χ1) is 11.9. The molecule has 25 heavy (non-hydrogen) atoms. The largest absolute Gasteiger partial charge is 0.462 e. The normalized spacial score (nSPS) is 12.7. The van der Waals surface area contributed by atoms with Crippen LogP contribution in [0.25, 0.3) is 0 Å². The lowest BCUT2D eigenvalue weighted by atomic mass is 10.0. The van der Waals surface area contributed by atoms with Gasteiger partial charge in [0, 0.05) is 32.6 Å². The van der Waals surface area contributed by atoms with Crippen LogP contribution in [0.15, 0.2) is 38.8 Å². The van der Waals surface area contributed by atoms with Crippen LogP contribution in [-0.4, -0.2) is 27.4 Å². The number of esters is 1. The Balaban J connectivity index is 1.89. The summed E-state index contributed by atoms with van der Waals surface area (Å²) < 4.78 is 7.49. The fourth-order valence-corrected chi connectivity index (χ4v) is 2.95. The number of nitrogens with zero attached hydrogens (tertiary/aromatic N) is 3. The first-order valence-electron chi connectivity index (χ1n) is 8.03. The summed E-state index contributed by atoms with van der Waals surface area (Å²) in [6.45, 7) is 2.08. The number of aromatic nitrogens is 2. The first kappa shape index (κ1) is 16.9. The Labute approximate surface area is 144 Å². The van der Waals surface area contributed by atoms with Crippen molar-refractivity contribution in [2.75, 3.05) is 6.61 Å². The molecule has 2 aromatic rings. The smallest absolute Gasteiger partial charge is 0.338 e. The number of hydrogen-bond donors (Lipinski definition) is 0. The van der Waals surface area contributed by atoms with Crippen LogP contribution in [0.3, 0.4) is 0 Å². The maximum absolute atomic E-state index is 12.3. The summed E-state index contributed by atoms with van der Waals surface area (Å²) in [7, 11) is 3.07. The van der Waals surface area contributed by atoms with E-state index in [4.69, 9.17) is 4.74 Å². The molecule has 7 nitrogen and oxygen atoms in total. The van der Waals surface area contributed by atoms with Gasteiger partial charge in [0.1, 0.15) is 5.82 Å². The van der Waals surface area contributed by atoms with Crippen LogP contribution in [0.1, 0.15) is 28.4 Å². The molecular weight excluding hydrogens is 322 g/mol. The molecule has 0 saturated carbocycles. The molecule has 0 aliphatic carbocycles. The third kappa shape index (κ3) is 3.05. The maximum atomic E-state index is 12.3. The molecule has 0 fully saturated rings. The zero-order chi connectivity index (χ0) is 18.1. The minimum absolute atomic E-state index is 0.308. The number of fused-ring (bicyclic) bond motifs is 1. The van der Waals surface area contributed by atoms with Gasteiger partial charge < -0.3 is 4.74 Å². The van der Waals surface area contributed by atoms with Gasteiger partial charge in [-0.1, -0.05) is 12.1 Å². The van der Waals surface area contributed by atoms with Gasteiger partial charge in [0.2, 0.25) is 0 Å². The number of aliphatic imine (C=N–C) groups is 1. The van der Waals surface area contributed by atoms with Crippen molar-refractivity contribution in [2.45, 2.75) is 19.8 Å². The van der Waals surface area contributed by atoms with E-state index >= 15 is 0 Å². The zero-order valence-electron chi connectivity index (χ0n) is 14.4. The molecule has 130 valence electrons. The number of benzene rings is 1. The lowest BCUT2D eigenvalue weighted by Crippen LogP contribution is -2.38. The second-order valence-electron chi connectivity index (χ2n) is 5.96. The van der Waals surface area contributed by atoms with E-state index < -0.39 is 5.69 Å². The highest BCUT2D eigenvalue weighted by molar-refractivity contribution is 5.95. The Morgan fingerprint density at radius 2 is 2.00 bits per heavy atom. The second kappa shape index (κ2) is 6.51. The highest BCUT2D eigenvalue weighted by Crippen LogP contribution is 2.23. The van der Waals surface area contributed by atoms with E-state index in [9.17, 15) is 14.4 Å². The summed E-state index contributed by atoms with van der Waals surface area (Å²) in [5, 5.41) is 0. The molecule has 1 aromatic heterocycles. The third-order valence-corrected chi connectivity index (χ3v) is 4.22. The van der Waals surface area contributed by atoms with Crippen molar-refractivity contribution in [3.05, 3.63) is 61.8 Å². The van der Waals surface area contributed by atoms with Crippen molar-refractivity contribution in [2.24, 2.45) is 19.1 Å². The Morgan fingerprint density at radius 3 is 2.72 bits per heavy atom. The molecule has 0 unspecified atom stereocenters. The van der Waals surface area contributed by atoms with Crippen LogP contribution >= 0.6 is 0 Å². The minimum Gasteiger partial charge on any atom is -0.462 e. The molecule has 0 atom stereocenters. The quantitative estimate of drug-likeness (QED) is 0.781. The van der Waals surface area contributed by atoms with Gasteiger partial charge in [0.05, 0.1) is 17.7 Å². The fourth-order valence-electron chi connectivity index (χ4n) is 2.95. The molecule has 3 rings (SSSR count). The van der Waals surface area contributed by atoms with E-state index in [2.05, 4.69) is 4.99 Å². The summed E-state index contributed by atoms with van der Waals surface area (Å²) >= 11 is 0. The molecule has 1 aromatic carbocycles. The van der Waals surface area contributed by atoms with E-state index in [-0.39, 0.29) is 11.5 Å². The maximum Gasteiger partial charge on any atom is 0.338 e. The van der Waals surface area contributed by atoms with Crippen LogP contribution in [0.2, 0.25) is 0 Å². The molecule has 2 heterocycles. The van der Waals surface area contributed by atoms with Gasteiger partial charge in [0.25, 0.3) is 5.56 Å². The zero-order valence-corrected chi connectivity index (χ0v) is 14.4. The summed E-state index contributed by atoms with van der Waals surface area (Å²) in [6, 6.07) is 7.15. The molecule has 0 spiro atoms. The molecule has 0 N–H and O–H groups in total. The predicted molar refractivity (Wildman–Crippen MR) is 93.8 cm³/mol. The molecule has 0 saturated heterocycles. The molecule has 0 bridgehead atoms. The number of carbonyl (C=O) groups is 1. The molecule has 0 amide bonds. The average molecular weight is 341 g/mol. The van der Waals surface area contributed by atoms with Crippen LogP contribution in [0.4, 0.5) is 5.82 Å². The van der Waals surface area contributed by atoms with Crippen molar-refractivity contribution in [1.82, 2.24) is 9.13 Å². The number of carbonyl (C=O) groups excluding carboxylic acids is 1. The highest BCUT2D eigenvalue weighted by Gasteiger charge is 2.23. The standard InChI is InChI=1S/C18H19N3O4/c1-4-25-17(23)12-7-5-6-11(8-12)9-13-10-14-15(19-13)20(2)18(24)21(3)16(14)22/h5-8H,4,9-10H2,1-3H3. The highest BCUT2D eigenvalue weighted by atomic mass is 16.5. The Kier molecular flexibility index (Phi) is 4.39. The van der Waals surface area contributed by atoms with Gasteiger partial charge in [-0.25, -0.2) is 14.6 Å². The van der Waals surface area contributed by atoms with Gasteiger partial charge in [-0.3, -0.25) is 13.9 Å². The monoisotopic (exact) mass is 341 g/mol. The fraction of sp³-hybridized carbons (Fsp3) is 0.333. The van der Waals surface area contributed by atoms with Gasteiger partial charge in [0.15, 0.2) is 0 Å². The lowest BCUT2D eigenvalue weighted by Gasteiger charge is -2.05. The van der Waals surface area contributed by atoms with E-state index in [1.54, 1.807) is 32.2 Å². The summed E-state index contributed by atoms with van der Waals surface area (Å²) in [6.07, 6.45) is 0.902. The summed E-state index contributed by atoms with van der Waals surface area (Å²) in [4.78, 5) is 40.6. The van der Waals surface area contributed by atoms with Gasteiger partial charge >= 0.3 is 11.7 Å². The molecule has 1 aliphatic heterocycles. The molecule has 0 radical (unpaired) electrons. The SMILES string of the molecule is CCOC(=O)c1cccc(CC2=Nc3c(c(=O)n(C)c(=O)n3C)C2)c1.